The van der Waals surface area contributed by atoms with Gasteiger partial charge < -0.3 is 0 Å². The Morgan fingerprint density at radius 1 is 1.11 bits per heavy atom. The summed E-state index contributed by atoms with van der Waals surface area (Å²) in [6.07, 6.45) is -3.30. The predicted octanol–water partition coefficient (Wildman–Crippen LogP) is 3.78. The minimum absolute atomic E-state index is 0.183. The molecular formula is C13H6F4N2. The van der Waals surface area contributed by atoms with Gasteiger partial charge in [-0.2, -0.15) is 18.4 Å². The van der Waals surface area contributed by atoms with Crippen molar-refractivity contribution in [3.63, 3.8) is 0 Å². The minimum atomic E-state index is -4.46. The SMILES string of the molecule is N#Cc1ncc(-c2cccc(C(F)(F)F)c2)cc1F. The van der Waals surface area contributed by atoms with Crippen LogP contribution < -0.4 is 0 Å². The van der Waals surface area contributed by atoms with E-state index in [1.807, 2.05) is 0 Å². The van der Waals surface area contributed by atoms with Gasteiger partial charge >= 0.3 is 6.18 Å². The monoisotopic (exact) mass is 266 g/mol. The van der Waals surface area contributed by atoms with E-state index in [2.05, 4.69) is 4.98 Å². The molecule has 1 aromatic heterocycles. The van der Waals surface area contributed by atoms with E-state index in [0.29, 0.717) is 0 Å². The molecule has 19 heavy (non-hydrogen) atoms. The Morgan fingerprint density at radius 2 is 1.84 bits per heavy atom. The molecule has 0 saturated carbocycles. The first kappa shape index (κ1) is 13.0. The highest BCUT2D eigenvalue weighted by Gasteiger charge is 2.30. The third-order valence-corrected chi connectivity index (χ3v) is 2.47. The molecule has 96 valence electrons. The smallest absolute Gasteiger partial charge is 0.242 e. The van der Waals surface area contributed by atoms with Crippen LogP contribution in [0.25, 0.3) is 11.1 Å². The Morgan fingerprint density at radius 3 is 2.42 bits per heavy atom. The van der Waals surface area contributed by atoms with Crippen molar-refractivity contribution in [2.45, 2.75) is 6.18 Å². The number of hydrogen-bond acceptors (Lipinski definition) is 2. The van der Waals surface area contributed by atoms with Gasteiger partial charge in [0, 0.05) is 11.8 Å². The van der Waals surface area contributed by atoms with Crippen LogP contribution in [-0.2, 0) is 6.18 Å². The molecular weight excluding hydrogens is 260 g/mol. The van der Waals surface area contributed by atoms with Crippen molar-refractivity contribution in [1.29, 1.82) is 5.26 Å². The minimum Gasteiger partial charge on any atom is -0.242 e. The number of rotatable bonds is 1. The van der Waals surface area contributed by atoms with Gasteiger partial charge in [0.25, 0.3) is 0 Å². The lowest BCUT2D eigenvalue weighted by atomic mass is 10.0. The molecule has 1 heterocycles. The van der Waals surface area contributed by atoms with Gasteiger partial charge in [0.15, 0.2) is 11.5 Å². The quantitative estimate of drug-likeness (QED) is 0.736. The third kappa shape index (κ3) is 2.71. The largest absolute Gasteiger partial charge is 0.416 e. The molecule has 2 rings (SSSR count). The van der Waals surface area contributed by atoms with Crippen molar-refractivity contribution in [3.8, 4) is 17.2 Å². The molecule has 0 N–H and O–H groups in total. The van der Waals surface area contributed by atoms with Crippen LogP contribution in [0, 0.1) is 17.1 Å². The summed E-state index contributed by atoms with van der Waals surface area (Å²) < 4.78 is 51.0. The zero-order valence-corrected chi connectivity index (χ0v) is 9.37. The van der Waals surface area contributed by atoms with E-state index < -0.39 is 23.3 Å². The van der Waals surface area contributed by atoms with E-state index in [4.69, 9.17) is 5.26 Å². The summed E-state index contributed by atoms with van der Waals surface area (Å²) in [4.78, 5) is 3.55. The van der Waals surface area contributed by atoms with Gasteiger partial charge in [0.1, 0.15) is 6.07 Å². The maximum Gasteiger partial charge on any atom is 0.416 e. The van der Waals surface area contributed by atoms with Crippen LogP contribution in [0.4, 0.5) is 17.6 Å². The van der Waals surface area contributed by atoms with Crippen LogP contribution in [0.2, 0.25) is 0 Å². The Labute approximate surface area is 105 Å². The second kappa shape index (κ2) is 4.69. The number of hydrogen-bond donors (Lipinski definition) is 0. The molecule has 0 radical (unpaired) electrons. The van der Waals surface area contributed by atoms with Gasteiger partial charge in [0.2, 0.25) is 0 Å². The topological polar surface area (TPSA) is 36.7 Å². The second-order valence-corrected chi connectivity index (χ2v) is 3.74. The first-order valence-corrected chi connectivity index (χ1v) is 5.15. The molecule has 6 heteroatoms. The van der Waals surface area contributed by atoms with Crippen molar-refractivity contribution in [3.05, 3.63) is 53.6 Å². The van der Waals surface area contributed by atoms with E-state index >= 15 is 0 Å². The first-order chi connectivity index (χ1) is 8.91. The predicted molar refractivity (Wildman–Crippen MR) is 59.3 cm³/mol. The van der Waals surface area contributed by atoms with Crippen LogP contribution in [0.5, 0.6) is 0 Å². The molecule has 0 saturated heterocycles. The summed E-state index contributed by atoms with van der Waals surface area (Å²) in [6.45, 7) is 0. The average Bonchev–Trinajstić information content (AvgIpc) is 2.38. The normalized spacial score (nSPS) is 11.1. The zero-order chi connectivity index (χ0) is 14.0. The van der Waals surface area contributed by atoms with Crippen LogP contribution >= 0.6 is 0 Å². The summed E-state index contributed by atoms with van der Waals surface area (Å²) in [6, 6.07) is 7.01. The Kier molecular flexibility index (Phi) is 3.21. The van der Waals surface area contributed by atoms with Crippen LogP contribution in [0.15, 0.2) is 36.5 Å². The fourth-order valence-corrected chi connectivity index (χ4v) is 1.55. The molecule has 0 amide bonds. The maximum absolute atomic E-state index is 13.4. The highest BCUT2D eigenvalue weighted by Crippen LogP contribution is 2.32. The molecule has 0 unspecified atom stereocenters. The van der Waals surface area contributed by atoms with E-state index in [9.17, 15) is 17.6 Å². The van der Waals surface area contributed by atoms with Gasteiger partial charge in [-0.3, -0.25) is 0 Å². The molecule has 1 aromatic carbocycles. The van der Waals surface area contributed by atoms with E-state index in [1.54, 1.807) is 6.07 Å². The Bertz CT molecular complexity index is 656. The summed E-state index contributed by atoms with van der Waals surface area (Å²) in [5.74, 6) is -0.864. The van der Waals surface area contributed by atoms with E-state index in [1.165, 1.54) is 12.1 Å². The Hall–Kier alpha value is -2.42. The lowest BCUT2D eigenvalue weighted by molar-refractivity contribution is -0.137. The van der Waals surface area contributed by atoms with Crippen LogP contribution in [0.3, 0.4) is 0 Å². The standard InChI is InChI=1S/C13H6F4N2/c14-11-5-9(7-19-12(11)6-18)8-2-1-3-10(4-8)13(15,16)17/h1-5,7H. The van der Waals surface area contributed by atoms with Gasteiger partial charge in [-0.25, -0.2) is 9.37 Å². The highest BCUT2D eigenvalue weighted by atomic mass is 19.4. The molecule has 0 bridgehead atoms. The van der Waals surface area contributed by atoms with Crippen molar-refractivity contribution in [1.82, 2.24) is 4.98 Å². The Balaban J connectivity index is 2.48. The lowest BCUT2D eigenvalue weighted by Crippen LogP contribution is -2.04. The van der Waals surface area contributed by atoms with Gasteiger partial charge in [-0.1, -0.05) is 12.1 Å². The molecule has 0 spiro atoms. The molecule has 0 aliphatic carbocycles. The molecule has 2 aromatic rings. The molecule has 2 nitrogen and oxygen atoms in total. The van der Waals surface area contributed by atoms with Crippen molar-refractivity contribution >= 4 is 0 Å². The number of nitriles is 1. The van der Waals surface area contributed by atoms with Gasteiger partial charge in [-0.15, -0.1) is 0 Å². The summed E-state index contributed by atoms with van der Waals surface area (Å²) in [5, 5.41) is 8.53. The van der Waals surface area contributed by atoms with E-state index in [-0.39, 0.29) is 11.1 Å². The maximum atomic E-state index is 13.4. The fraction of sp³-hybridized carbons (Fsp3) is 0.0769. The van der Waals surface area contributed by atoms with Crippen molar-refractivity contribution in [2.75, 3.05) is 0 Å². The summed E-state index contributed by atoms with van der Waals surface area (Å²) >= 11 is 0. The van der Waals surface area contributed by atoms with Crippen LogP contribution in [0.1, 0.15) is 11.3 Å². The average molecular weight is 266 g/mol. The summed E-state index contributed by atoms with van der Waals surface area (Å²) in [7, 11) is 0. The third-order valence-electron chi connectivity index (χ3n) is 2.47. The molecule has 0 atom stereocenters. The molecule has 0 aliphatic rings. The molecule has 0 aliphatic heterocycles. The number of nitrogens with zero attached hydrogens (tertiary/aromatic N) is 2. The highest BCUT2D eigenvalue weighted by molar-refractivity contribution is 5.64. The van der Waals surface area contributed by atoms with Crippen LogP contribution in [-0.4, -0.2) is 4.98 Å². The van der Waals surface area contributed by atoms with Crippen molar-refractivity contribution < 1.29 is 17.6 Å². The number of aromatic nitrogens is 1. The number of benzene rings is 1. The first-order valence-electron chi connectivity index (χ1n) is 5.15. The number of alkyl halides is 3. The van der Waals surface area contributed by atoms with Gasteiger partial charge in [-0.05, 0) is 23.8 Å². The molecule has 0 fully saturated rings. The summed E-state index contributed by atoms with van der Waals surface area (Å²) in [5.41, 5.74) is -0.848. The zero-order valence-electron chi connectivity index (χ0n) is 9.37. The second-order valence-electron chi connectivity index (χ2n) is 3.74. The van der Waals surface area contributed by atoms with Crippen molar-refractivity contribution in [2.24, 2.45) is 0 Å². The fourth-order valence-electron chi connectivity index (χ4n) is 1.55. The lowest BCUT2D eigenvalue weighted by Gasteiger charge is -2.08. The number of halogens is 4. The van der Waals surface area contributed by atoms with Gasteiger partial charge in [0.05, 0.1) is 5.56 Å². The van der Waals surface area contributed by atoms with E-state index in [0.717, 1.165) is 24.4 Å². The number of pyridine rings is 1.